The topological polar surface area (TPSA) is 97.3 Å². The zero-order chi connectivity index (χ0) is 22.8. The average molecular weight is 436 g/mol. The van der Waals surface area contributed by atoms with Gasteiger partial charge in [0.2, 0.25) is 0 Å². The Balaban J connectivity index is 1.73. The van der Waals surface area contributed by atoms with Gasteiger partial charge < -0.3 is 20.7 Å². The van der Waals surface area contributed by atoms with Crippen molar-refractivity contribution in [3.8, 4) is 11.3 Å². The summed E-state index contributed by atoms with van der Waals surface area (Å²) in [5.74, 6) is -0.123. The van der Waals surface area contributed by atoms with Crippen LogP contribution in [-0.2, 0) is 11.3 Å². The molecule has 3 aromatic rings. The molecule has 1 heterocycles. The number of rotatable bonds is 11. The van der Waals surface area contributed by atoms with E-state index in [9.17, 15) is 9.59 Å². The van der Waals surface area contributed by atoms with Gasteiger partial charge in [0.25, 0.3) is 11.5 Å². The van der Waals surface area contributed by atoms with Gasteiger partial charge in [-0.3, -0.25) is 9.59 Å². The van der Waals surface area contributed by atoms with Crippen LogP contribution in [0.15, 0.2) is 65.5 Å². The third-order valence-corrected chi connectivity index (χ3v) is 4.81. The van der Waals surface area contributed by atoms with E-state index >= 15 is 0 Å². The van der Waals surface area contributed by atoms with E-state index in [1.165, 1.54) is 10.7 Å². The van der Waals surface area contributed by atoms with Crippen molar-refractivity contribution in [2.75, 3.05) is 38.8 Å². The second-order valence-corrected chi connectivity index (χ2v) is 7.17. The molecule has 0 aliphatic heterocycles. The first kappa shape index (κ1) is 23.2. The largest absolute Gasteiger partial charge is 0.363 e. The molecule has 168 valence electrons. The van der Waals surface area contributed by atoms with Crippen molar-refractivity contribution in [2.24, 2.45) is 0 Å². The van der Waals surface area contributed by atoms with Crippen molar-refractivity contribution < 1.29 is 9.53 Å². The summed E-state index contributed by atoms with van der Waals surface area (Å²) in [6.45, 7) is 4.63. The van der Waals surface area contributed by atoms with Crippen molar-refractivity contribution in [3.05, 3.63) is 82.1 Å². The van der Waals surface area contributed by atoms with Crippen molar-refractivity contribution >= 4 is 11.6 Å². The Morgan fingerprint density at radius 3 is 2.62 bits per heavy atom. The molecule has 0 saturated carbocycles. The molecular formula is C24H29N5O3. The van der Waals surface area contributed by atoms with Crippen LogP contribution in [0, 0.1) is 0 Å². The van der Waals surface area contributed by atoms with E-state index in [2.05, 4.69) is 21.0 Å². The standard InChI is InChI=1S/C24H29N5O3/c1-3-32-17-27-21-6-4-5-18(15-21)16-29-23(30)12-11-22(28-29)19-7-9-20(10-8-19)24(31)26-14-13-25-2/h4-12,15,25,27H,3,13-14,16-17H2,1-2H3,(H,26,31). The Kier molecular flexibility index (Phi) is 8.53. The Morgan fingerprint density at radius 2 is 1.88 bits per heavy atom. The lowest BCUT2D eigenvalue weighted by Gasteiger charge is -2.10. The number of ether oxygens (including phenoxy) is 1. The Hall–Kier alpha value is -3.49. The fourth-order valence-electron chi connectivity index (χ4n) is 3.10. The summed E-state index contributed by atoms with van der Waals surface area (Å²) in [6, 6.07) is 18.2. The van der Waals surface area contributed by atoms with E-state index in [4.69, 9.17) is 4.74 Å². The van der Waals surface area contributed by atoms with Gasteiger partial charge >= 0.3 is 0 Å². The smallest absolute Gasteiger partial charge is 0.267 e. The summed E-state index contributed by atoms with van der Waals surface area (Å²) in [6.07, 6.45) is 0. The number of nitrogens with zero attached hydrogens (tertiary/aromatic N) is 2. The molecule has 0 saturated heterocycles. The van der Waals surface area contributed by atoms with E-state index in [1.807, 2.05) is 50.4 Å². The number of hydrogen-bond acceptors (Lipinski definition) is 6. The van der Waals surface area contributed by atoms with Crippen LogP contribution in [0.1, 0.15) is 22.8 Å². The number of benzene rings is 2. The highest BCUT2D eigenvalue weighted by Gasteiger charge is 2.08. The first-order valence-electron chi connectivity index (χ1n) is 10.6. The third-order valence-electron chi connectivity index (χ3n) is 4.81. The van der Waals surface area contributed by atoms with Crippen LogP contribution in [0.4, 0.5) is 5.69 Å². The average Bonchev–Trinajstić information content (AvgIpc) is 2.81. The molecule has 0 radical (unpaired) electrons. The Bertz CT molecular complexity index is 1080. The molecule has 3 rings (SSSR count). The summed E-state index contributed by atoms with van der Waals surface area (Å²) >= 11 is 0. The molecule has 1 amide bonds. The zero-order valence-electron chi connectivity index (χ0n) is 18.4. The Morgan fingerprint density at radius 1 is 1.06 bits per heavy atom. The van der Waals surface area contributed by atoms with Crippen LogP contribution in [-0.4, -0.2) is 49.2 Å². The highest BCUT2D eigenvalue weighted by atomic mass is 16.5. The van der Waals surface area contributed by atoms with Crippen molar-refractivity contribution in [2.45, 2.75) is 13.5 Å². The minimum absolute atomic E-state index is 0.123. The molecule has 0 bridgehead atoms. The first-order chi connectivity index (χ1) is 15.6. The summed E-state index contributed by atoms with van der Waals surface area (Å²) in [5, 5.41) is 13.6. The molecule has 0 atom stereocenters. The molecule has 3 N–H and O–H groups in total. The van der Waals surface area contributed by atoms with Gasteiger partial charge in [-0.2, -0.15) is 5.10 Å². The molecule has 0 spiro atoms. The van der Waals surface area contributed by atoms with E-state index in [1.54, 1.807) is 18.2 Å². The lowest BCUT2D eigenvalue weighted by Crippen LogP contribution is -2.30. The number of nitrogens with one attached hydrogen (secondary N) is 3. The van der Waals surface area contributed by atoms with Gasteiger partial charge in [-0.25, -0.2) is 4.68 Å². The predicted molar refractivity (Wildman–Crippen MR) is 126 cm³/mol. The quantitative estimate of drug-likeness (QED) is 0.316. The molecule has 2 aromatic carbocycles. The van der Waals surface area contributed by atoms with Crippen LogP contribution < -0.4 is 21.5 Å². The molecule has 0 unspecified atom stereocenters. The van der Waals surface area contributed by atoms with Crippen LogP contribution >= 0.6 is 0 Å². The van der Waals surface area contributed by atoms with Crippen molar-refractivity contribution in [1.29, 1.82) is 0 Å². The summed E-state index contributed by atoms with van der Waals surface area (Å²) in [7, 11) is 1.84. The van der Waals surface area contributed by atoms with Gasteiger partial charge in [0.1, 0.15) is 6.73 Å². The molecule has 8 nitrogen and oxygen atoms in total. The lowest BCUT2D eigenvalue weighted by atomic mass is 10.1. The summed E-state index contributed by atoms with van der Waals surface area (Å²) in [5.41, 5.74) is 3.77. The molecule has 0 fully saturated rings. The number of anilines is 1. The first-order valence-corrected chi connectivity index (χ1v) is 10.6. The number of carbonyl (C=O) groups excluding carboxylic acids is 1. The molecule has 8 heteroatoms. The molecule has 32 heavy (non-hydrogen) atoms. The number of aromatic nitrogens is 2. The fourth-order valence-corrected chi connectivity index (χ4v) is 3.10. The second kappa shape index (κ2) is 11.8. The maximum absolute atomic E-state index is 12.4. The van der Waals surface area contributed by atoms with Gasteiger partial charge in [0, 0.05) is 42.6 Å². The second-order valence-electron chi connectivity index (χ2n) is 7.17. The number of carbonyl (C=O) groups is 1. The Labute approximate surface area is 187 Å². The molecule has 0 aliphatic carbocycles. The van der Waals surface area contributed by atoms with Crippen LogP contribution in [0.2, 0.25) is 0 Å². The van der Waals surface area contributed by atoms with Gasteiger partial charge in [0.15, 0.2) is 0 Å². The zero-order valence-corrected chi connectivity index (χ0v) is 18.4. The highest BCUT2D eigenvalue weighted by molar-refractivity contribution is 5.94. The minimum Gasteiger partial charge on any atom is -0.363 e. The van der Waals surface area contributed by atoms with E-state index in [0.29, 0.717) is 44.2 Å². The van der Waals surface area contributed by atoms with Gasteiger partial charge in [-0.15, -0.1) is 0 Å². The predicted octanol–water partition coefficient (Wildman–Crippen LogP) is 2.31. The molecular weight excluding hydrogens is 406 g/mol. The fraction of sp³-hybridized carbons (Fsp3) is 0.292. The maximum Gasteiger partial charge on any atom is 0.267 e. The van der Waals surface area contributed by atoms with Gasteiger partial charge in [0.05, 0.1) is 12.2 Å². The van der Waals surface area contributed by atoms with Crippen molar-refractivity contribution in [3.63, 3.8) is 0 Å². The van der Waals surface area contributed by atoms with Crippen LogP contribution in [0.25, 0.3) is 11.3 Å². The highest BCUT2D eigenvalue weighted by Crippen LogP contribution is 2.17. The summed E-state index contributed by atoms with van der Waals surface area (Å²) in [4.78, 5) is 24.5. The number of amides is 1. The van der Waals surface area contributed by atoms with Gasteiger partial charge in [-0.1, -0.05) is 24.3 Å². The lowest BCUT2D eigenvalue weighted by molar-refractivity contribution is 0.0954. The maximum atomic E-state index is 12.4. The van der Waals surface area contributed by atoms with Crippen molar-refractivity contribution in [1.82, 2.24) is 20.4 Å². The number of likely N-dealkylation sites (N-methyl/N-ethyl adjacent to an activating group) is 1. The van der Waals surface area contributed by atoms with Gasteiger partial charge in [-0.05, 0) is 49.9 Å². The normalized spacial score (nSPS) is 10.7. The minimum atomic E-state index is -0.179. The van der Waals surface area contributed by atoms with Crippen LogP contribution in [0.5, 0.6) is 0 Å². The molecule has 1 aromatic heterocycles. The van der Waals surface area contributed by atoms with Crippen LogP contribution in [0.3, 0.4) is 0 Å². The van der Waals surface area contributed by atoms with E-state index < -0.39 is 0 Å². The van der Waals surface area contributed by atoms with E-state index in [-0.39, 0.29) is 11.5 Å². The molecule has 0 aliphatic rings. The SMILES string of the molecule is CCOCNc1cccc(Cn2nc(-c3ccc(C(=O)NCCNC)cc3)ccc2=O)c1. The monoisotopic (exact) mass is 435 g/mol. The van der Waals surface area contributed by atoms with E-state index in [0.717, 1.165) is 16.8 Å². The number of hydrogen-bond donors (Lipinski definition) is 3. The summed E-state index contributed by atoms with van der Waals surface area (Å²) < 4.78 is 6.76. The third kappa shape index (κ3) is 6.50.